The molecule has 1 saturated carbocycles. The Balaban J connectivity index is 1.22. The van der Waals surface area contributed by atoms with Crippen LogP contribution in [0.15, 0.2) is 35.1 Å². The van der Waals surface area contributed by atoms with Crippen molar-refractivity contribution in [2.45, 2.75) is 31.2 Å². The van der Waals surface area contributed by atoms with Crippen molar-refractivity contribution < 1.29 is 13.6 Å². The van der Waals surface area contributed by atoms with Crippen LogP contribution < -0.4 is 15.8 Å². The smallest absolute Gasteiger partial charge is 0.269 e. The lowest BCUT2D eigenvalue weighted by molar-refractivity contribution is 0.0957. The van der Waals surface area contributed by atoms with Gasteiger partial charge in [-0.3, -0.25) is 14.5 Å². The van der Waals surface area contributed by atoms with Gasteiger partial charge in [0, 0.05) is 45.2 Å². The molecule has 10 heteroatoms. The molecule has 5 rings (SSSR count). The molecule has 0 bridgehead atoms. The number of pyridine rings is 1. The van der Waals surface area contributed by atoms with E-state index >= 15 is 0 Å². The predicted molar refractivity (Wildman–Crippen MR) is 124 cm³/mol. The van der Waals surface area contributed by atoms with E-state index in [0.717, 1.165) is 32.4 Å². The number of anilines is 1. The Kier molecular flexibility index (Phi) is 5.99. The van der Waals surface area contributed by atoms with E-state index in [4.69, 9.17) is 0 Å². The highest BCUT2D eigenvalue weighted by molar-refractivity contribution is 5.92. The number of carbonyl (C=O) groups is 1. The molecule has 178 valence electrons. The first-order valence-electron chi connectivity index (χ1n) is 11.5. The first-order valence-corrected chi connectivity index (χ1v) is 11.5. The number of rotatable bonds is 4. The zero-order valence-corrected chi connectivity index (χ0v) is 18.9. The number of H-pyrrole nitrogens is 1. The monoisotopic (exact) mass is 468 g/mol. The van der Waals surface area contributed by atoms with E-state index in [1.54, 1.807) is 12.1 Å². The van der Waals surface area contributed by atoms with Gasteiger partial charge in [0.05, 0.1) is 16.6 Å². The summed E-state index contributed by atoms with van der Waals surface area (Å²) in [5.41, 5.74) is 0.667. The fraction of sp³-hybridized carbons (Fsp3) is 0.417. The van der Waals surface area contributed by atoms with Crippen molar-refractivity contribution >= 4 is 22.5 Å². The third-order valence-corrected chi connectivity index (χ3v) is 6.94. The van der Waals surface area contributed by atoms with Gasteiger partial charge < -0.3 is 15.2 Å². The molecular formula is C24H26F2N6O2. The lowest BCUT2D eigenvalue weighted by atomic mass is 10.1. The topological polar surface area (TPSA) is 94.2 Å². The molecule has 1 aromatic carbocycles. The summed E-state index contributed by atoms with van der Waals surface area (Å²) in [5.74, 6) is -0.702. The zero-order valence-electron chi connectivity index (χ0n) is 18.9. The van der Waals surface area contributed by atoms with Gasteiger partial charge in [0.1, 0.15) is 17.3 Å². The Hall–Kier alpha value is -3.40. The number of amides is 1. The fourth-order valence-corrected chi connectivity index (χ4v) is 5.11. The number of piperazine rings is 1. The van der Waals surface area contributed by atoms with Crippen LogP contribution in [0.3, 0.4) is 0 Å². The SMILES string of the molecule is CNC(=O)c1ccc(N2CCN([C@@H]3CC[C@@H](c4nc5ccc(F)cc5c(=O)[nH]4)C3)CC2)c(F)n1. The van der Waals surface area contributed by atoms with E-state index in [1.165, 1.54) is 25.2 Å². The summed E-state index contributed by atoms with van der Waals surface area (Å²) >= 11 is 0. The molecule has 1 aliphatic carbocycles. The molecule has 0 unspecified atom stereocenters. The molecule has 0 spiro atoms. The number of fused-ring (bicyclic) bond motifs is 1. The molecule has 1 aliphatic heterocycles. The number of carbonyl (C=O) groups excluding carboxylic acids is 1. The van der Waals surface area contributed by atoms with E-state index in [9.17, 15) is 18.4 Å². The average molecular weight is 469 g/mol. The van der Waals surface area contributed by atoms with Crippen molar-refractivity contribution in [3.63, 3.8) is 0 Å². The number of hydrogen-bond donors (Lipinski definition) is 2. The second-order valence-electron chi connectivity index (χ2n) is 8.89. The molecule has 3 heterocycles. The normalized spacial score (nSPS) is 21.2. The largest absolute Gasteiger partial charge is 0.365 e. The van der Waals surface area contributed by atoms with Crippen LogP contribution in [-0.2, 0) is 0 Å². The van der Waals surface area contributed by atoms with Crippen LogP contribution in [0.5, 0.6) is 0 Å². The molecular weight excluding hydrogens is 442 g/mol. The van der Waals surface area contributed by atoms with Crippen LogP contribution in [0.4, 0.5) is 14.5 Å². The molecule has 1 amide bonds. The van der Waals surface area contributed by atoms with Crippen LogP contribution in [0, 0.1) is 11.8 Å². The number of benzene rings is 1. The van der Waals surface area contributed by atoms with Crippen LogP contribution in [-0.4, -0.2) is 65.0 Å². The lowest BCUT2D eigenvalue weighted by Crippen LogP contribution is -2.50. The Morgan fingerprint density at radius 1 is 1.09 bits per heavy atom. The molecule has 8 nitrogen and oxygen atoms in total. The second-order valence-corrected chi connectivity index (χ2v) is 8.89. The van der Waals surface area contributed by atoms with Crippen molar-refractivity contribution in [3.05, 3.63) is 64.0 Å². The van der Waals surface area contributed by atoms with E-state index in [2.05, 4.69) is 25.2 Å². The highest BCUT2D eigenvalue weighted by Crippen LogP contribution is 2.36. The number of aromatic nitrogens is 3. The summed E-state index contributed by atoms with van der Waals surface area (Å²) in [6.45, 7) is 2.90. The van der Waals surface area contributed by atoms with Gasteiger partial charge >= 0.3 is 0 Å². The number of hydrogen-bond acceptors (Lipinski definition) is 6. The fourth-order valence-electron chi connectivity index (χ4n) is 5.11. The molecule has 0 radical (unpaired) electrons. The van der Waals surface area contributed by atoms with E-state index in [1.807, 2.05) is 4.90 Å². The Bertz CT molecular complexity index is 1290. The van der Waals surface area contributed by atoms with Crippen molar-refractivity contribution in [3.8, 4) is 0 Å². The van der Waals surface area contributed by atoms with Crippen LogP contribution in [0.25, 0.3) is 10.9 Å². The predicted octanol–water partition coefficient (Wildman–Crippen LogP) is 2.41. The minimum absolute atomic E-state index is 0.0601. The van der Waals surface area contributed by atoms with E-state index in [0.29, 0.717) is 36.2 Å². The summed E-state index contributed by atoms with van der Waals surface area (Å²) in [5, 5.41) is 2.71. The van der Waals surface area contributed by atoms with Gasteiger partial charge in [0.15, 0.2) is 0 Å². The minimum Gasteiger partial charge on any atom is -0.365 e. The van der Waals surface area contributed by atoms with Crippen LogP contribution in [0.1, 0.15) is 41.5 Å². The molecule has 2 atom stereocenters. The highest BCUT2D eigenvalue weighted by atomic mass is 19.1. The van der Waals surface area contributed by atoms with Gasteiger partial charge in [0.2, 0.25) is 5.95 Å². The molecule has 1 saturated heterocycles. The number of halogens is 2. The van der Waals surface area contributed by atoms with Gasteiger partial charge in [-0.15, -0.1) is 0 Å². The first-order chi connectivity index (χ1) is 16.4. The molecule has 2 fully saturated rings. The number of nitrogens with one attached hydrogen (secondary N) is 2. The first kappa shape index (κ1) is 22.4. The Labute approximate surface area is 195 Å². The minimum atomic E-state index is -0.637. The average Bonchev–Trinajstić information content (AvgIpc) is 3.34. The third kappa shape index (κ3) is 4.25. The summed E-state index contributed by atoms with van der Waals surface area (Å²) in [7, 11) is 1.48. The van der Waals surface area contributed by atoms with Crippen molar-refractivity contribution in [1.82, 2.24) is 25.2 Å². The van der Waals surface area contributed by atoms with Gasteiger partial charge in [-0.2, -0.15) is 4.39 Å². The molecule has 3 aromatic rings. The highest BCUT2D eigenvalue weighted by Gasteiger charge is 2.33. The van der Waals surface area contributed by atoms with Gasteiger partial charge in [-0.05, 0) is 49.6 Å². The van der Waals surface area contributed by atoms with E-state index in [-0.39, 0.29) is 22.6 Å². The number of nitrogens with zero attached hydrogens (tertiary/aromatic N) is 4. The number of aromatic amines is 1. The van der Waals surface area contributed by atoms with E-state index < -0.39 is 17.7 Å². The summed E-state index contributed by atoms with van der Waals surface area (Å²) in [6, 6.07) is 7.59. The maximum Gasteiger partial charge on any atom is 0.269 e. The molecule has 2 aliphatic rings. The Morgan fingerprint density at radius 3 is 2.62 bits per heavy atom. The molecule has 2 N–H and O–H groups in total. The zero-order chi connectivity index (χ0) is 23.8. The van der Waals surface area contributed by atoms with Crippen molar-refractivity contribution in [2.24, 2.45) is 0 Å². The Morgan fingerprint density at radius 2 is 1.88 bits per heavy atom. The summed E-state index contributed by atoms with van der Waals surface area (Å²) < 4.78 is 28.0. The van der Waals surface area contributed by atoms with Crippen LogP contribution >= 0.6 is 0 Å². The molecule has 2 aromatic heterocycles. The second kappa shape index (κ2) is 9.09. The third-order valence-electron chi connectivity index (χ3n) is 6.94. The van der Waals surface area contributed by atoms with Gasteiger partial charge in [-0.1, -0.05) is 0 Å². The maximum absolute atomic E-state index is 14.5. The van der Waals surface area contributed by atoms with Crippen molar-refractivity contribution in [2.75, 3.05) is 38.1 Å². The standard InChI is InChI=1S/C24H26F2N6O2/c1-27-24(34)19-6-7-20(21(26)28-19)32-10-8-31(9-11-32)16-4-2-14(12-16)22-29-18-5-3-15(25)13-17(18)23(33)30-22/h3,5-7,13-14,16H,2,4,8-12H2,1H3,(H,27,34)(H,29,30,33)/t14-,16-/m1/s1. The van der Waals surface area contributed by atoms with Crippen molar-refractivity contribution in [1.29, 1.82) is 0 Å². The maximum atomic E-state index is 14.5. The quantitative estimate of drug-likeness (QED) is 0.572. The van der Waals surface area contributed by atoms with Gasteiger partial charge in [0.25, 0.3) is 11.5 Å². The summed E-state index contributed by atoms with van der Waals surface area (Å²) in [6.07, 6.45) is 2.79. The van der Waals surface area contributed by atoms with Gasteiger partial charge in [-0.25, -0.2) is 14.4 Å². The van der Waals surface area contributed by atoms with Crippen LogP contribution in [0.2, 0.25) is 0 Å². The lowest BCUT2D eigenvalue weighted by Gasteiger charge is -2.39. The molecule has 34 heavy (non-hydrogen) atoms. The summed E-state index contributed by atoms with van der Waals surface area (Å²) in [4.78, 5) is 39.7.